The van der Waals surface area contributed by atoms with Crippen molar-refractivity contribution in [1.29, 1.82) is 0 Å². The molecular formula is C20H11BrClF4N3S. The van der Waals surface area contributed by atoms with Crippen molar-refractivity contribution in [3.05, 3.63) is 69.4 Å². The molecule has 2 aromatic heterocycles. The van der Waals surface area contributed by atoms with Gasteiger partial charge in [-0.1, -0.05) is 29.8 Å². The van der Waals surface area contributed by atoms with Crippen molar-refractivity contribution < 1.29 is 17.6 Å². The Hall–Kier alpha value is -2.23. The Kier molecular flexibility index (Phi) is 5.46. The molecule has 0 aliphatic rings. The van der Waals surface area contributed by atoms with Crippen LogP contribution in [0.3, 0.4) is 0 Å². The van der Waals surface area contributed by atoms with Gasteiger partial charge < -0.3 is 0 Å². The molecule has 30 heavy (non-hydrogen) atoms. The van der Waals surface area contributed by atoms with Crippen LogP contribution in [0.4, 0.5) is 17.6 Å². The van der Waals surface area contributed by atoms with Crippen LogP contribution in [-0.2, 0) is 13.2 Å². The fourth-order valence-electron chi connectivity index (χ4n) is 2.93. The van der Waals surface area contributed by atoms with Gasteiger partial charge in [-0.25, -0.2) is 14.1 Å². The number of alkyl halides is 3. The SMILES string of the molecule is Cn1nc(-c2c(F)cccc2Cl)nc1-c1cc(Br)c(-c2cccc(C(F)(F)F)c2)s1. The minimum Gasteiger partial charge on any atom is -0.248 e. The standard InChI is InChI=1S/C20H11BrClF4N3S/c1-29-19(27-18(28-29)16-13(22)6-3-7-14(16)23)15-9-12(21)17(30-15)10-4-2-5-11(8-10)20(24,25)26/h2-9H,1H3. The fourth-order valence-corrected chi connectivity index (χ4v) is 5.10. The Morgan fingerprint density at radius 3 is 2.53 bits per heavy atom. The van der Waals surface area contributed by atoms with Gasteiger partial charge in [0, 0.05) is 16.4 Å². The van der Waals surface area contributed by atoms with E-state index < -0.39 is 17.6 Å². The van der Waals surface area contributed by atoms with Gasteiger partial charge in [0.25, 0.3) is 0 Å². The third-order valence-corrected chi connectivity index (χ3v) is 6.69. The highest BCUT2D eigenvalue weighted by molar-refractivity contribution is 9.10. The zero-order valence-electron chi connectivity index (χ0n) is 15.1. The Morgan fingerprint density at radius 2 is 1.83 bits per heavy atom. The van der Waals surface area contributed by atoms with Crippen molar-refractivity contribution in [2.24, 2.45) is 7.05 Å². The van der Waals surface area contributed by atoms with Crippen LogP contribution in [0.5, 0.6) is 0 Å². The summed E-state index contributed by atoms with van der Waals surface area (Å²) in [6.07, 6.45) is -4.43. The van der Waals surface area contributed by atoms with E-state index >= 15 is 0 Å². The summed E-state index contributed by atoms with van der Waals surface area (Å²) < 4.78 is 55.5. The molecule has 10 heteroatoms. The molecule has 0 bridgehead atoms. The van der Waals surface area contributed by atoms with Crippen LogP contribution in [0.2, 0.25) is 5.02 Å². The summed E-state index contributed by atoms with van der Waals surface area (Å²) in [5.41, 5.74) is -0.209. The smallest absolute Gasteiger partial charge is 0.248 e. The first kappa shape index (κ1) is 21.0. The lowest BCUT2D eigenvalue weighted by atomic mass is 10.1. The Bertz CT molecular complexity index is 1230. The van der Waals surface area contributed by atoms with E-state index in [1.54, 1.807) is 25.2 Å². The van der Waals surface area contributed by atoms with E-state index in [4.69, 9.17) is 11.6 Å². The molecule has 4 rings (SSSR count). The Labute approximate surface area is 186 Å². The number of hydrogen-bond donors (Lipinski definition) is 0. The van der Waals surface area contributed by atoms with E-state index in [-0.39, 0.29) is 16.4 Å². The first-order valence-electron chi connectivity index (χ1n) is 8.48. The van der Waals surface area contributed by atoms with Gasteiger partial charge >= 0.3 is 6.18 Å². The minimum absolute atomic E-state index is 0.0924. The summed E-state index contributed by atoms with van der Waals surface area (Å²) in [5, 5.41) is 4.45. The second-order valence-electron chi connectivity index (χ2n) is 6.35. The molecule has 3 nitrogen and oxygen atoms in total. The van der Waals surface area contributed by atoms with Crippen LogP contribution in [0.1, 0.15) is 5.56 Å². The van der Waals surface area contributed by atoms with Crippen molar-refractivity contribution >= 4 is 38.9 Å². The van der Waals surface area contributed by atoms with Crippen molar-refractivity contribution in [1.82, 2.24) is 14.8 Å². The molecule has 0 aliphatic carbocycles. The molecule has 0 atom stereocenters. The number of nitrogens with zero attached hydrogens (tertiary/aromatic N) is 3. The number of benzene rings is 2. The van der Waals surface area contributed by atoms with Gasteiger partial charge in [0.15, 0.2) is 11.6 Å². The number of thiophene rings is 1. The maximum Gasteiger partial charge on any atom is 0.416 e. The first-order valence-corrected chi connectivity index (χ1v) is 10.5. The molecule has 4 aromatic rings. The van der Waals surface area contributed by atoms with Gasteiger partial charge in [-0.3, -0.25) is 0 Å². The predicted molar refractivity (Wildman–Crippen MR) is 113 cm³/mol. The van der Waals surface area contributed by atoms with Gasteiger partial charge in [0.05, 0.1) is 21.0 Å². The largest absolute Gasteiger partial charge is 0.416 e. The predicted octanol–water partition coefficient (Wildman–Crippen LogP) is 7.45. The average molecular weight is 517 g/mol. The molecule has 154 valence electrons. The monoisotopic (exact) mass is 515 g/mol. The molecule has 2 aromatic carbocycles. The first-order chi connectivity index (χ1) is 14.1. The zero-order valence-corrected chi connectivity index (χ0v) is 18.3. The molecule has 0 N–H and O–H groups in total. The lowest BCUT2D eigenvalue weighted by Crippen LogP contribution is -2.04. The summed E-state index contributed by atoms with van der Waals surface area (Å²) in [4.78, 5) is 5.68. The molecule has 0 unspecified atom stereocenters. The molecule has 0 radical (unpaired) electrons. The molecule has 0 spiro atoms. The van der Waals surface area contributed by atoms with E-state index in [1.807, 2.05) is 0 Å². The normalized spacial score (nSPS) is 11.8. The van der Waals surface area contributed by atoms with Gasteiger partial charge in [-0.2, -0.15) is 18.3 Å². The van der Waals surface area contributed by atoms with Crippen LogP contribution >= 0.6 is 38.9 Å². The van der Waals surface area contributed by atoms with E-state index in [0.29, 0.717) is 25.6 Å². The van der Waals surface area contributed by atoms with E-state index in [0.717, 1.165) is 12.1 Å². The fraction of sp³-hybridized carbons (Fsp3) is 0.100. The summed E-state index contributed by atoms with van der Waals surface area (Å²) in [5.74, 6) is 0.0191. The molecule has 0 aliphatic heterocycles. The number of rotatable bonds is 3. The Morgan fingerprint density at radius 1 is 1.10 bits per heavy atom. The molecule has 0 saturated carbocycles. The Balaban J connectivity index is 1.77. The van der Waals surface area contributed by atoms with E-state index in [2.05, 4.69) is 26.0 Å². The number of aryl methyl sites for hydroxylation is 1. The van der Waals surface area contributed by atoms with Crippen LogP contribution in [-0.4, -0.2) is 14.8 Å². The van der Waals surface area contributed by atoms with Crippen molar-refractivity contribution in [2.75, 3.05) is 0 Å². The highest BCUT2D eigenvalue weighted by atomic mass is 79.9. The summed E-state index contributed by atoms with van der Waals surface area (Å²) in [7, 11) is 1.65. The summed E-state index contributed by atoms with van der Waals surface area (Å²) in [6.45, 7) is 0. The number of aromatic nitrogens is 3. The van der Waals surface area contributed by atoms with Crippen LogP contribution < -0.4 is 0 Å². The maximum absolute atomic E-state index is 14.2. The molecule has 0 amide bonds. The second-order valence-corrected chi connectivity index (χ2v) is 8.66. The summed E-state index contributed by atoms with van der Waals surface area (Å²) >= 11 is 10.8. The average Bonchev–Trinajstić information content (AvgIpc) is 3.24. The molecular weight excluding hydrogens is 506 g/mol. The van der Waals surface area contributed by atoms with E-state index in [1.165, 1.54) is 34.2 Å². The third-order valence-electron chi connectivity index (χ3n) is 4.31. The highest BCUT2D eigenvalue weighted by Crippen LogP contribution is 2.42. The van der Waals surface area contributed by atoms with Crippen LogP contribution in [0.25, 0.3) is 32.5 Å². The van der Waals surface area contributed by atoms with Gasteiger partial charge in [-0.15, -0.1) is 11.3 Å². The van der Waals surface area contributed by atoms with Crippen LogP contribution in [0.15, 0.2) is 53.0 Å². The van der Waals surface area contributed by atoms with Crippen LogP contribution in [0, 0.1) is 5.82 Å². The van der Waals surface area contributed by atoms with Gasteiger partial charge in [0.1, 0.15) is 5.82 Å². The lowest BCUT2D eigenvalue weighted by Gasteiger charge is -2.08. The van der Waals surface area contributed by atoms with Gasteiger partial charge in [0.2, 0.25) is 0 Å². The zero-order chi connectivity index (χ0) is 21.6. The molecule has 0 fully saturated rings. The minimum atomic E-state index is -4.43. The number of hydrogen-bond acceptors (Lipinski definition) is 3. The van der Waals surface area contributed by atoms with E-state index in [9.17, 15) is 17.6 Å². The molecule has 2 heterocycles. The van der Waals surface area contributed by atoms with Crippen molar-refractivity contribution in [3.8, 4) is 32.5 Å². The third kappa shape index (κ3) is 3.89. The van der Waals surface area contributed by atoms with Crippen molar-refractivity contribution in [2.45, 2.75) is 6.18 Å². The van der Waals surface area contributed by atoms with Crippen molar-refractivity contribution in [3.63, 3.8) is 0 Å². The topological polar surface area (TPSA) is 30.7 Å². The maximum atomic E-state index is 14.2. The lowest BCUT2D eigenvalue weighted by molar-refractivity contribution is -0.137. The highest BCUT2D eigenvalue weighted by Gasteiger charge is 2.31. The molecule has 0 saturated heterocycles. The van der Waals surface area contributed by atoms with Gasteiger partial charge in [-0.05, 0) is 51.8 Å². The quantitative estimate of drug-likeness (QED) is 0.265. The second kappa shape index (κ2) is 7.79. The summed E-state index contributed by atoms with van der Waals surface area (Å²) in [6, 6.07) is 11.1. The number of halogens is 6.